The van der Waals surface area contributed by atoms with E-state index >= 15 is 0 Å². The van der Waals surface area contributed by atoms with Crippen LogP contribution in [-0.2, 0) is 57.5 Å². The van der Waals surface area contributed by atoms with Crippen molar-refractivity contribution >= 4 is 108 Å². The van der Waals surface area contributed by atoms with Gasteiger partial charge in [-0.3, -0.25) is 62.7 Å². The topological polar surface area (TPSA) is 526 Å². The van der Waals surface area contributed by atoms with Crippen LogP contribution in [0.4, 0.5) is 0 Å². The van der Waals surface area contributed by atoms with Crippen molar-refractivity contribution < 1.29 is 62.6 Å². The van der Waals surface area contributed by atoms with Gasteiger partial charge in [0, 0.05) is 24.6 Å². The molecule has 0 aliphatic heterocycles. The van der Waals surface area contributed by atoms with E-state index in [0.717, 1.165) is 0 Å². The van der Waals surface area contributed by atoms with Gasteiger partial charge in [0.05, 0.1) is 25.6 Å². The molecular weight excluding hydrogens is 1110 g/mol. The van der Waals surface area contributed by atoms with Gasteiger partial charge in [0.1, 0.15) is 48.3 Å². The Morgan fingerprint density at radius 2 is 0.878 bits per heavy atom. The minimum atomic E-state index is -1.47. The zero-order valence-corrected chi connectivity index (χ0v) is 49.8. The molecule has 0 fully saturated rings. The second-order valence-electron chi connectivity index (χ2n) is 20.3. The Morgan fingerprint density at radius 1 is 0.476 bits per heavy atom. The number of aliphatic imine (C=N–C) groups is 2. The summed E-state index contributed by atoms with van der Waals surface area (Å²) < 4.78 is 0. The summed E-state index contributed by atoms with van der Waals surface area (Å²) in [7, 11) is 0. The van der Waals surface area contributed by atoms with Gasteiger partial charge >= 0.3 is 5.97 Å². The number of hydrogen-bond donors (Lipinski definition) is 19. The number of rotatable bonds is 40. The maximum atomic E-state index is 14.2. The Morgan fingerprint density at radius 3 is 1.30 bits per heavy atom. The highest BCUT2D eigenvalue weighted by Gasteiger charge is 2.36. The summed E-state index contributed by atoms with van der Waals surface area (Å²) in [5.74, 6) is -13.2. The second kappa shape index (κ2) is 39.3. The lowest BCUT2D eigenvalue weighted by molar-refractivity contribution is -0.142. The summed E-state index contributed by atoms with van der Waals surface area (Å²) in [4.78, 5) is 166. The first-order chi connectivity index (χ1) is 38.3. The van der Waals surface area contributed by atoms with Gasteiger partial charge in [-0.15, -0.1) is 0 Å². The third kappa shape index (κ3) is 29.5. The third-order valence-corrected chi connectivity index (χ3v) is 13.3. The summed E-state index contributed by atoms with van der Waals surface area (Å²) in [5, 5.41) is 34.7. The number of amides is 11. The van der Waals surface area contributed by atoms with Crippen molar-refractivity contribution in [1.82, 2.24) is 53.2 Å². The molecule has 0 bridgehead atoms. The van der Waals surface area contributed by atoms with Gasteiger partial charge in [-0.2, -0.15) is 25.3 Å². The fraction of sp³-hybridized carbons (Fsp3) is 0.714. The van der Waals surface area contributed by atoms with E-state index in [9.17, 15) is 62.6 Å². The molecule has 23 N–H and O–H groups in total. The summed E-state index contributed by atoms with van der Waals surface area (Å²) in [6.07, 6.45) is 0.379. The van der Waals surface area contributed by atoms with E-state index in [1.165, 1.54) is 0 Å². The van der Waals surface area contributed by atoms with Crippen molar-refractivity contribution in [1.29, 1.82) is 0 Å². The minimum Gasteiger partial charge on any atom is -0.480 e. The molecule has 0 unspecified atom stereocenters. The molecular formula is C49H90N18O13S2. The maximum Gasteiger partial charge on any atom is 0.326 e. The van der Waals surface area contributed by atoms with Crippen LogP contribution in [0.25, 0.3) is 0 Å². The van der Waals surface area contributed by atoms with Crippen molar-refractivity contribution in [2.45, 2.75) is 161 Å². The highest BCUT2D eigenvalue weighted by Crippen LogP contribution is 2.14. The van der Waals surface area contributed by atoms with Crippen LogP contribution >= 0.6 is 25.3 Å². The van der Waals surface area contributed by atoms with Crippen LogP contribution in [-0.4, -0.2) is 180 Å². The van der Waals surface area contributed by atoms with E-state index in [4.69, 9.17) is 34.4 Å². The van der Waals surface area contributed by atoms with Crippen molar-refractivity contribution in [3.63, 3.8) is 0 Å². The van der Waals surface area contributed by atoms with Crippen molar-refractivity contribution in [2.24, 2.45) is 68.1 Å². The molecule has 0 aromatic carbocycles. The number of primary amides is 1. The van der Waals surface area contributed by atoms with Crippen LogP contribution in [0.1, 0.15) is 107 Å². The van der Waals surface area contributed by atoms with Crippen LogP contribution in [0.2, 0.25) is 0 Å². The van der Waals surface area contributed by atoms with Gasteiger partial charge in [-0.25, -0.2) is 4.79 Å². The van der Waals surface area contributed by atoms with Gasteiger partial charge in [-0.1, -0.05) is 68.2 Å². The number of thiol groups is 2. The van der Waals surface area contributed by atoms with Gasteiger partial charge in [0.2, 0.25) is 65.0 Å². The number of nitrogens with two attached hydrogens (primary N) is 6. The number of nitrogens with zero attached hydrogens (tertiary/aromatic N) is 2. The SMILES string of the molecule is CC[C@H](C)[C@H](NC(=O)CNC(=O)[C@H](CC(C)C)NC(=O)[C@@H](NC(=O)CNC(=O)[C@H](CC(N)=O)NC(=O)[C@@H](N)CS)C(C)C)C(=O)N[C@@H](CCCN=C(N)N)C(=O)N[C@H](C(=O)N[C@@H](CS)C(=O)N[C@@H](CCCN=C(N)N)C(=O)O)[C@@H](C)CC. The lowest BCUT2D eigenvalue weighted by Crippen LogP contribution is -2.61. The van der Waals surface area contributed by atoms with Crippen LogP contribution in [0, 0.1) is 23.7 Å². The highest BCUT2D eigenvalue weighted by atomic mass is 32.1. The van der Waals surface area contributed by atoms with Crippen LogP contribution in [0.3, 0.4) is 0 Å². The quantitative estimate of drug-likeness (QED) is 0.0118. The van der Waals surface area contributed by atoms with Crippen molar-refractivity contribution in [3.05, 3.63) is 0 Å². The third-order valence-electron chi connectivity index (χ3n) is 12.6. The van der Waals surface area contributed by atoms with E-state index < -0.39 is 163 Å². The minimum absolute atomic E-state index is 0.0375. The van der Waals surface area contributed by atoms with Crippen molar-refractivity contribution in [3.8, 4) is 0 Å². The molecule has 0 saturated carbocycles. The highest BCUT2D eigenvalue weighted by molar-refractivity contribution is 7.80. The van der Waals surface area contributed by atoms with Gasteiger partial charge in [-0.05, 0) is 55.8 Å². The number of nitrogens with one attached hydrogen (secondary N) is 10. The molecule has 82 heavy (non-hydrogen) atoms. The zero-order chi connectivity index (χ0) is 63.0. The monoisotopic (exact) mass is 1200 g/mol. The fourth-order valence-electron chi connectivity index (χ4n) is 7.48. The molecule has 0 aliphatic rings. The number of carbonyl (C=O) groups excluding carboxylic acids is 11. The average molecular weight is 1200 g/mol. The second-order valence-corrected chi connectivity index (χ2v) is 21.1. The molecule has 0 rings (SSSR count). The van der Waals surface area contributed by atoms with E-state index in [0.29, 0.717) is 12.8 Å². The first-order valence-electron chi connectivity index (χ1n) is 26.9. The van der Waals surface area contributed by atoms with E-state index in [1.807, 2.05) is 0 Å². The van der Waals surface area contributed by atoms with E-state index in [-0.39, 0.29) is 74.5 Å². The Kier molecular flexibility index (Phi) is 35.9. The van der Waals surface area contributed by atoms with Gasteiger partial charge < -0.3 is 92.7 Å². The van der Waals surface area contributed by atoms with Crippen LogP contribution < -0.4 is 87.6 Å². The Balaban J connectivity index is 6.33. The first kappa shape index (κ1) is 74.8. The molecule has 0 aromatic heterocycles. The molecule has 466 valence electrons. The number of carbonyl (C=O) groups is 12. The standard InChI is InChI=1S/C49H90N18O13S2/c1-9-25(7)37(66-35(70)20-58-40(72)30(17-23(3)4)63-44(76)36(24(5)6)65-34(69)19-59-41(73)31(18-33(51)68)62-39(71)27(50)21-81)45(77)60-28(13-11-15-56-48(52)53)42(74)67-38(26(8)10-2)46(78)64-32(22-82)43(75)61-29(47(79)80)14-12-16-57-49(54)55/h23-32,36-38,81-82H,9-22,50H2,1-8H3,(H2,51,68)(H,58,72)(H,59,73)(H,60,77)(H,61,75)(H,62,71)(H,63,76)(H,64,78)(H,65,69)(H,66,70)(H,67,74)(H,79,80)(H4,52,53,56)(H4,54,55,57)/t25-,26-,27-,28-,29-,30-,31-,32-,36-,37-,38-/m0/s1. The number of guanidine groups is 2. The lowest BCUT2D eigenvalue weighted by atomic mass is 9.96. The molecule has 31 nitrogen and oxygen atoms in total. The first-order valence-corrected chi connectivity index (χ1v) is 28.2. The van der Waals surface area contributed by atoms with Crippen LogP contribution in [0.15, 0.2) is 9.98 Å². The largest absolute Gasteiger partial charge is 0.480 e. The summed E-state index contributed by atoms with van der Waals surface area (Å²) in [5.41, 5.74) is 32.5. The molecule has 11 amide bonds. The number of carboxylic acid groups (broad SMARTS) is 1. The molecule has 0 spiro atoms. The molecule has 0 saturated heterocycles. The number of carboxylic acids is 1. The van der Waals surface area contributed by atoms with E-state index in [1.54, 1.807) is 55.4 Å². The Labute approximate surface area is 489 Å². The maximum absolute atomic E-state index is 14.2. The van der Waals surface area contributed by atoms with E-state index in [2.05, 4.69) is 88.4 Å². The molecule has 11 atom stereocenters. The summed E-state index contributed by atoms with van der Waals surface area (Å²) in [6, 6.07) is -11.7. The molecule has 0 radical (unpaired) electrons. The molecule has 0 heterocycles. The van der Waals surface area contributed by atoms with Crippen LogP contribution in [0.5, 0.6) is 0 Å². The Hall–Kier alpha value is -7.16. The molecule has 33 heteroatoms. The predicted octanol–water partition coefficient (Wildman–Crippen LogP) is -5.85. The molecule has 0 aliphatic carbocycles. The summed E-state index contributed by atoms with van der Waals surface area (Å²) in [6.45, 7) is 12.3. The average Bonchev–Trinajstić information content (AvgIpc) is 3.43. The number of hydrogen-bond acceptors (Lipinski definition) is 17. The van der Waals surface area contributed by atoms with Gasteiger partial charge in [0.15, 0.2) is 11.9 Å². The fourth-order valence-corrected chi connectivity index (χ4v) is 7.91. The summed E-state index contributed by atoms with van der Waals surface area (Å²) >= 11 is 8.13. The Bertz CT molecular complexity index is 2240. The smallest absolute Gasteiger partial charge is 0.326 e. The van der Waals surface area contributed by atoms with Crippen molar-refractivity contribution in [2.75, 3.05) is 37.7 Å². The normalized spacial score (nSPS) is 15.0. The van der Waals surface area contributed by atoms with Gasteiger partial charge in [0.25, 0.3) is 0 Å². The lowest BCUT2D eigenvalue weighted by Gasteiger charge is -2.30. The predicted molar refractivity (Wildman–Crippen MR) is 312 cm³/mol. The molecule has 0 aromatic rings. The zero-order valence-electron chi connectivity index (χ0n) is 48.0. The number of aliphatic carboxylic acids is 1.